The van der Waals surface area contributed by atoms with Crippen LogP contribution in [-0.2, 0) is 4.79 Å². The van der Waals surface area contributed by atoms with Gasteiger partial charge in [-0.15, -0.1) is 0 Å². The van der Waals surface area contributed by atoms with Crippen molar-refractivity contribution in [3.8, 4) is 0 Å². The Labute approximate surface area is 99.2 Å². The molecule has 0 saturated heterocycles. The molecule has 3 N–H and O–H groups in total. The van der Waals surface area contributed by atoms with Gasteiger partial charge in [0.1, 0.15) is 0 Å². The van der Waals surface area contributed by atoms with Crippen LogP contribution in [0, 0.1) is 5.92 Å². The van der Waals surface area contributed by atoms with Gasteiger partial charge in [0.05, 0.1) is 0 Å². The fraction of sp³-hybridized carbons (Fsp3) is 0.923. The van der Waals surface area contributed by atoms with Crippen LogP contribution in [0.2, 0.25) is 0 Å². The van der Waals surface area contributed by atoms with E-state index >= 15 is 0 Å². The molecule has 1 saturated carbocycles. The van der Waals surface area contributed by atoms with Crippen LogP contribution in [-0.4, -0.2) is 17.5 Å². The zero-order valence-corrected chi connectivity index (χ0v) is 10.9. The second-order valence-corrected chi connectivity index (χ2v) is 5.92. The SMILES string of the molecule is C[C@H](NC(=O)CC(C)(C)N)C1CCCCC1. The largest absolute Gasteiger partial charge is 0.353 e. The van der Waals surface area contributed by atoms with E-state index in [0.29, 0.717) is 18.4 Å². The standard InChI is InChI=1S/C13H26N2O/c1-10(11-7-5-4-6-8-11)15-12(16)9-13(2,3)14/h10-11H,4-9,14H2,1-3H3,(H,15,16)/t10-/m0/s1. The third-order valence-corrected chi connectivity index (χ3v) is 3.36. The van der Waals surface area contributed by atoms with E-state index in [1.165, 1.54) is 32.1 Å². The number of amides is 1. The van der Waals surface area contributed by atoms with E-state index in [-0.39, 0.29) is 5.91 Å². The van der Waals surface area contributed by atoms with Crippen LogP contribution >= 0.6 is 0 Å². The summed E-state index contributed by atoms with van der Waals surface area (Å²) in [6, 6.07) is 0.301. The molecule has 1 rings (SSSR count). The highest BCUT2D eigenvalue weighted by atomic mass is 16.1. The Balaban J connectivity index is 2.32. The van der Waals surface area contributed by atoms with Crippen molar-refractivity contribution in [3.63, 3.8) is 0 Å². The first-order valence-corrected chi connectivity index (χ1v) is 6.47. The summed E-state index contributed by atoms with van der Waals surface area (Å²) in [5.41, 5.74) is 5.42. The maximum absolute atomic E-state index is 11.7. The van der Waals surface area contributed by atoms with Gasteiger partial charge in [0.25, 0.3) is 0 Å². The van der Waals surface area contributed by atoms with Crippen LogP contribution in [0.1, 0.15) is 59.3 Å². The van der Waals surface area contributed by atoms with Crippen LogP contribution in [0.4, 0.5) is 0 Å². The molecule has 0 aromatic carbocycles. The Morgan fingerprint density at radius 1 is 1.38 bits per heavy atom. The average Bonchev–Trinajstić information content (AvgIpc) is 2.16. The van der Waals surface area contributed by atoms with Crippen molar-refractivity contribution in [2.75, 3.05) is 0 Å². The van der Waals surface area contributed by atoms with Crippen molar-refractivity contribution in [2.24, 2.45) is 11.7 Å². The van der Waals surface area contributed by atoms with E-state index in [9.17, 15) is 4.79 Å². The third kappa shape index (κ3) is 4.97. The first-order valence-electron chi connectivity index (χ1n) is 6.47. The van der Waals surface area contributed by atoms with Crippen LogP contribution in [0.5, 0.6) is 0 Å². The number of nitrogens with one attached hydrogen (secondary N) is 1. The Morgan fingerprint density at radius 3 is 2.44 bits per heavy atom. The van der Waals surface area contributed by atoms with Crippen molar-refractivity contribution in [1.29, 1.82) is 0 Å². The molecule has 1 aliphatic carbocycles. The lowest BCUT2D eigenvalue weighted by atomic mass is 9.84. The normalized spacial score (nSPS) is 20.5. The van der Waals surface area contributed by atoms with E-state index in [1.807, 2.05) is 13.8 Å². The summed E-state index contributed by atoms with van der Waals surface area (Å²) in [6.45, 7) is 5.90. The lowest BCUT2D eigenvalue weighted by Crippen LogP contribution is -2.44. The summed E-state index contributed by atoms with van der Waals surface area (Å²) in [5, 5.41) is 3.09. The Kier molecular flexibility index (Phi) is 4.78. The first-order chi connectivity index (χ1) is 7.38. The fourth-order valence-electron chi connectivity index (χ4n) is 2.47. The predicted molar refractivity (Wildman–Crippen MR) is 67.1 cm³/mol. The van der Waals surface area contributed by atoms with E-state index in [4.69, 9.17) is 5.73 Å². The van der Waals surface area contributed by atoms with Gasteiger partial charge in [-0.25, -0.2) is 0 Å². The number of rotatable bonds is 4. The van der Waals surface area contributed by atoms with Gasteiger partial charge in [0, 0.05) is 18.0 Å². The summed E-state index contributed by atoms with van der Waals surface area (Å²) >= 11 is 0. The van der Waals surface area contributed by atoms with E-state index in [1.54, 1.807) is 0 Å². The molecular weight excluding hydrogens is 200 g/mol. The van der Waals surface area contributed by atoms with Crippen molar-refractivity contribution in [3.05, 3.63) is 0 Å². The molecule has 0 heterocycles. The molecule has 0 bridgehead atoms. The molecule has 1 fully saturated rings. The Morgan fingerprint density at radius 2 is 1.94 bits per heavy atom. The molecule has 94 valence electrons. The highest BCUT2D eigenvalue weighted by Gasteiger charge is 2.23. The van der Waals surface area contributed by atoms with Gasteiger partial charge < -0.3 is 11.1 Å². The van der Waals surface area contributed by atoms with Gasteiger partial charge in [-0.2, -0.15) is 0 Å². The molecule has 0 spiro atoms. The van der Waals surface area contributed by atoms with Crippen LogP contribution in [0.25, 0.3) is 0 Å². The number of carbonyl (C=O) groups excluding carboxylic acids is 1. The molecule has 3 nitrogen and oxygen atoms in total. The molecule has 16 heavy (non-hydrogen) atoms. The minimum absolute atomic E-state index is 0.0885. The fourth-order valence-corrected chi connectivity index (χ4v) is 2.47. The molecule has 3 heteroatoms. The number of hydrogen-bond donors (Lipinski definition) is 2. The average molecular weight is 226 g/mol. The molecule has 0 unspecified atom stereocenters. The minimum atomic E-state index is -0.406. The zero-order valence-electron chi connectivity index (χ0n) is 10.9. The Hall–Kier alpha value is -0.570. The summed E-state index contributed by atoms with van der Waals surface area (Å²) in [4.78, 5) is 11.7. The second-order valence-electron chi connectivity index (χ2n) is 5.92. The summed E-state index contributed by atoms with van der Waals surface area (Å²) in [5.74, 6) is 0.754. The summed E-state index contributed by atoms with van der Waals surface area (Å²) in [6.07, 6.45) is 6.90. The van der Waals surface area contributed by atoms with E-state index in [2.05, 4.69) is 12.2 Å². The lowest BCUT2D eigenvalue weighted by Gasteiger charge is -2.29. The molecule has 1 amide bonds. The summed E-state index contributed by atoms with van der Waals surface area (Å²) in [7, 11) is 0. The van der Waals surface area contributed by atoms with Crippen molar-refractivity contribution in [2.45, 2.75) is 70.9 Å². The van der Waals surface area contributed by atoms with Crippen molar-refractivity contribution >= 4 is 5.91 Å². The van der Waals surface area contributed by atoms with Gasteiger partial charge in [-0.1, -0.05) is 19.3 Å². The number of carbonyl (C=O) groups is 1. The topological polar surface area (TPSA) is 55.1 Å². The van der Waals surface area contributed by atoms with Crippen LogP contribution < -0.4 is 11.1 Å². The molecule has 1 atom stereocenters. The minimum Gasteiger partial charge on any atom is -0.353 e. The molecule has 0 radical (unpaired) electrons. The van der Waals surface area contributed by atoms with Gasteiger partial charge in [-0.05, 0) is 39.5 Å². The molecule has 0 aliphatic heterocycles. The first kappa shape index (κ1) is 13.5. The van der Waals surface area contributed by atoms with Gasteiger partial charge in [0.15, 0.2) is 0 Å². The highest BCUT2D eigenvalue weighted by Crippen LogP contribution is 2.26. The maximum Gasteiger partial charge on any atom is 0.222 e. The third-order valence-electron chi connectivity index (χ3n) is 3.36. The van der Waals surface area contributed by atoms with Crippen molar-refractivity contribution in [1.82, 2.24) is 5.32 Å². The van der Waals surface area contributed by atoms with Crippen molar-refractivity contribution < 1.29 is 4.79 Å². The summed E-state index contributed by atoms with van der Waals surface area (Å²) < 4.78 is 0. The molecule has 0 aromatic heterocycles. The van der Waals surface area contributed by atoms with Gasteiger partial charge >= 0.3 is 0 Å². The maximum atomic E-state index is 11.7. The number of nitrogens with two attached hydrogens (primary N) is 1. The Bertz CT molecular complexity index is 227. The zero-order chi connectivity index (χ0) is 12.2. The van der Waals surface area contributed by atoms with Gasteiger partial charge in [0.2, 0.25) is 5.91 Å². The highest BCUT2D eigenvalue weighted by molar-refractivity contribution is 5.77. The van der Waals surface area contributed by atoms with Crippen LogP contribution in [0.3, 0.4) is 0 Å². The second kappa shape index (κ2) is 5.67. The predicted octanol–water partition coefficient (Wildman–Crippen LogP) is 2.20. The lowest BCUT2D eigenvalue weighted by molar-refractivity contribution is -0.123. The van der Waals surface area contributed by atoms with Gasteiger partial charge in [-0.3, -0.25) is 4.79 Å². The van der Waals surface area contributed by atoms with Crippen LogP contribution in [0.15, 0.2) is 0 Å². The van der Waals surface area contributed by atoms with E-state index in [0.717, 1.165) is 0 Å². The molecule has 0 aromatic rings. The number of hydrogen-bond acceptors (Lipinski definition) is 2. The van der Waals surface area contributed by atoms with E-state index < -0.39 is 5.54 Å². The molecular formula is C13H26N2O. The smallest absolute Gasteiger partial charge is 0.222 e. The molecule has 1 aliphatic rings. The quantitative estimate of drug-likeness (QED) is 0.772. The monoisotopic (exact) mass is 226 g/mol.